The van der Waals surface area contributed by atoms with Gasteiger partial charge in [-0.2, -0.15) is 0 Å². The van der Waals surface area contributed by atoms with Crippen molar-refractivity contribution >= 4 is 11.0 Å². The second kappa shape index (κ2) is 4.51. The number of benzene rings is 1. The number of furan rings is 1. The maximum absolute atomic E-state index is 5.86. The molecular weight excluding hydrogens is 212 g/mol. The van der Waals surface area contributed by atoms with Gasteiger partial charge >= 0.3 is 0 Å². The molecule has 1 aromatic heterocycles. The minimum atomic E-state index is 0.271. The van der Waals surface area contributed by atoms with Crippen LogP contribution >= 0.6 is 0 Å². The van der Waals surface area contributed by atoms with Crippen molar-refractivity contribution in [2.24, 2.45) is 0 Å². The first-order chi connectivity index (χ1) is 8.33. The lowest BCUT2D eigenvalue weighted by Crippen LogP contribution is -2.32. The van der Waals surface area contributed by atoms with Crippen molar-refractivity contribution in [3.05, 3.63) is 36.1 Å². The van der Waals surface area contributed by atoms with Gasteiger partial charge in [-0.15, -0.1) is 0 Å². The number of hydrogen-bond acceptors (Lipinski definition) is 3. The van der Waals surface area contributed by atoms with Crippen LogP contribution in [0.4, 0.5) is 0 Å². The minimum absolute atomic E-state index is 0.271. The van der Waals surface area contributed by atoms with E-state index in [1.54, 1.807) is 0 Å². The topological polar surface area (TPSA) is 37.2 Å². The summed E-state index contributed by atoms with van der Waals surface area (Å²) in [6.45, 7) is 4.34. The predicted octanol–water partition coefficient (Wildman–Crippen LogP) is 2.45. The Morgan fingerprint density at radius 1 is 1.41 bits per heavy atom. The molecule has 0 radical (unpaired) electrons. The van der Waals surface area contributed by atoms with Crippen LogP contribution in [0.5, 0.6) is 0 Å². The van der Waals surface area contributed by atoms with E-state index in [9.17, 15) is 0 Å². The third-order valence-corrected chi connectivity index (χ3v) is 3.42. The van der Waals surface area contributed by atoms with E-state index in [1.807, 2.05) is 18.2 Å². The molecule has 0 saturated carbocycles. The van der Waals surface area contributed by atoms with Crippen molar-refractivity contribution in [3.8, 4) is 0 Å². The number of fused-ring (bicyclic) bond motifs is 1. The molecule has 1 saturated heterocycles. The molecule has 1 aliphatic rings. The molecule has 1 aromatic carbocycles. The predicted molar refractivity (Wildman–Crippen MR) is 69.0 cm³/mol. The largest absolute Gasteiger partial charge is 0.459 e. The van der Waals surface area contributed by atoms with Gasteiger partial charge in [0.1, 0.15) is 11.3 Å². The third-order valence-electron chi connectivity index (χ3n) is 3.42. The summed E-state index contributed by atoms with van der Waals surface area (Å²) in [7, 11) is 0. The van der Waals surface area contributed by atoms with Crippen LogP contribution < -0.4 is 10.6 Å². The summed E-state index contributed by atoms with van der Waals surface area (Å²) < 4.78 is 5.86. The first-order valence-corrected chi connectivity index (χ1v) is 6.28. The van der Waals surface area contributed by atoms with Crippen molar-refractivity contribution in [2.75, 3.05) is 13.1 Å². The molecule has 3 rings (SSSR count). The van der Waals surface area contributed by atoms with Crippen LogP contribution in [0, 0.1) is 0 Å². The normalized spacial score (nSPS) is 22.1. The Bertz CT molecular complexity index is 467. The molecule has 3 heteroatoms. The fourth-order valence-electron chi connectivity index (χ4n) is 2.45. The molecule has 0 amide bonds. The summed E-state index contributed by atoms with van der Waals surface area (Å²) in [6, 6.07) is 11.1. The molecule has 1 aliphatic heterocycles. The highest BCUT2D eigenvalue weighted by atomic mass is 16.3. The number of nitrogens with one attached hydrogen (secondary N) is 2. The average molecular weight is 230 g/mol. The van der Waals surface area contributed by atoms with Crippen LogP contribution in [0.2, 0.25) is 0 Å². The Morgan fingerprint density at radius 3 is 3.06 bits per heavy atom. The molecule has 17 heavy (non-hydrogen) atoms. The Morgan fingerprint density at radius 2 is 2.29 bits per heavy atom. The molecule has 2 unspecified atom stereocenters. The second-order valence-corrected chi connectivity index (χ2v) is 4.76. The number of rotatable bonds is 3. The summed E-state index contributed by atoms with van der Waals surface area (Å²) >= 11 is 0. The van der Waals surface area contributed by atoms with E-state index in [2.05, 4.69) is 29.7 Å². The molecule has 0 bridgehead atoms. The van der Waals surface area contributed by atoms with Gasteiger partial charge in [-0.25, -0.2) is 0 Å². The summed E-state index contributed by atoms with van der Waals surface area (Å²) in [5, 5.41) is 8.14. The van der Waals surface area contributed by atoms with Gasteiger partial charge in [0.25, 0.3) is 0 Å². The van der Waals surface area contributed by atoms with E-state index in [-0.39, 0.29) is 6.04 Å². The van der Waals surface area contributed by atoms with Gasteiger partial charge in [0.15, 0.2) is 0 Å². The van der Waals surface area contributed by atoms with Crippen LogP contribution in [0.25, 0.3) is 11.0 Å². The summed E-state index contributed by atoms with van der Waals surface area (Å²) in [4.78, 5) is 0. The first kappa shape index (κ1) is 10.8. The summed E-state index contributed by atoms with van der Waals surface area (Å²) in [6.07, 6.45) is 1.20. The van der Waals surface area contributed by atoms with Gasteiger partial charge in [-0.3, -0.25) is 0 Å². The van der Waals surface area contributed by atoms with E-state index in [4.69, 9.17) is 4.42 Å². The highest BCUT2D eigenvalue weighted by Crippen LogP contribution is 2.24. The molecule has 1 fully saturated rings. The molecule has 2 heterocycles. The molecule has 0 aliphatic carbocycles. The van der Waals surface area contributed by atoms with Crippen molar-refractivity contribution in [1.29, 1.82) is 0 Å². The zero-order chi connectivity index (χ0) is 11.7. The van der Waals surface area contributed by atoms with Gasteiger partial charge in [-0.1, -0.05) is 18.2 Å². The second-order valence-electron chi connectivity index (χ2n) is 4.76. The first-order valence-electron chi connectivity index (χ1n) is 6.28. The highest BCUT2D eigenvalue weighted by Gasteiger charge is 2.19. The van der Waals surface area contributed by atoms with Crippen LogP contribution in [0.15, 0.2) is 34.7 Å². The molecule has 3 nitrogen and oxygen atoms in total. The van der Waals surface area contributed by atoms with Crippen LogP contribution in [-0.2, 0) is 0 Å². The standard InChI is InChI=1S/C14H18N2O/c1-10(16-12-6-7-15-9-12)14-8-11-4-2-3-5-13(11)17-14/h2-5,8,10,12,15-16H,6-7,9H2,1H3. The van der Waals surface area contributed by atoms with Gasteiger partial charge in [0.05, 0.1) is 6.04 Å². The zero-order valence-corrected chi connectivity index (χ0v) is 10.1. The van der Waals surface area contributed by atoms with Crippen molar-refractivity contribution in [1.82, 2.24) is 10.6 Å². The minimum Gasteiger partial charge on any atom is -0.459 e. The van der Waals surface area contributed by atoms with E-state index >= 15 is 0 Å². The van der Waals surface area contributed by atoms with Crippen molar-refractivity contribution < 1.29 is 4.42 Å². The molecule has 2 aromatic rings. The number of para-hydroxylation sites is 1. The lowest BCUT2D eigenvalue weighted by molar-refractivity contribution is 0.411. The smallest absolute Gasteiger partial charge is 0.134 e. The van der Waals surface area contributed by atoms with Gasteiger partial charge < -0.3 is 15.1 Å². The molecule has 2 N–H and O–H groups in total. The molecular formula is C14H18N2O. The lowest BCUT2D eigenvalue weighted by Gasteiger charge is -2.16. The van der Waals surface area contributed by atoms with E-state index < -0.39 is 0 Å². The Balaban J connectivity index is 1.77. The maximum atomic E-state index is 5.86. The van der Waals surface area contributed by atoms with Crippen molar-refractivity contribution in [3.63, 3.8) is 0 Å². The Kier molecular flexibility index (Phi) is 2.87. The molecule has 0 spiro atoms. The lowest BCUT2D eigenvalue weighted by atomic mass is 10.2. The SMILES string of the molecule is CC(NC1CCNC1)c1cc2ccccc2o1. The van der Waals surface area contributed by atoms with Crippen LogP contribution in [0.3, 0.4) is 0 Å². The highest BCUT2D eigenvalue weighted by molar-refractivity contribution is 5.77. The van der Waals surface area contributed by atoms with Gasteiger partial charge in [0, 0.05) is 18.0 Å². The Hall–Kier alpha value is -1.32. The fraction of sp³-hybridized carbons (Fsp3) is 0.429. The number of hydrogen-bond donors (Lipinski definition) is 2. The van der Waals surface area contributed by atoms with Crippen LogP contribution in [0.1, 0.15) is 25.1 Å². The summed E-state index contributed by atoms with van der Waals surface area (Å²) in [5.41, 5.74) is 0.973. The van der Waals surface area contributed by atoms with E-state index in [1.165, 1.54) is 11.8 Å². The van der Waals surface area contributed by atoms with Crippen molar-refractivity contribution in [2.45, 2.75) is 25.4 Å². The monoisotopic (exact) mass is 230 g/mol. The van der Waals surface area contributed by atoms with Crippen LogP contribution in [-0.4, -0.2) is 19.1 Å². The van der Waals surface area contributed by atoms with Gasteiger partial charge in [0.2, 0.25) is 0 Å². The summed E-state index contributed by atoms with van der Waals surface area (Å²) in [5.74, 6) is 1.03. The zero-order valence-electron chi connectivity index (χ0n) is 10.1. The molecule has 90 valence electrons. The molecule has 2 atom stereocenters. The Labute approximate surface area is 101 Å². The third kappa shape index (κ3) is 2.21. The average Bonchev–Trinajstić information content (AvgIpc) is 2.96. The van der Waals surface area contributed by atoms with E-state index in [0.29, 0.717) is 6.04 Å². The quantitative estimate of drug-likeness (QED) is 0.850. The van der Waals surface area contributed by atoms with E-state index in [0.717, 1.165) is 24.4 Å². The maximum Gasteiger partial charge on any atom is 0.134 e. The fourth-order valence-corrected chi connectivity index (χ4v) is 2.45. The van der Waals surface area contributed by atoms with Gasteiger partial charge in [-0.05, 0) is 32.0 Å².